The number of halogens is 1. The molecule has 0 bridgehead atoms. The summed E-state index contributed by atoms with van der Waals surface area (Å²) in [5, 5.41) is 5.63. The summed E-state index contributed by atoms with van der Waals surface area (Å²) in [6, 6.07) is 24.4. The van der Waals surface area contributed by atoms with E-state index in [1.807, 2.05) is 47.0 Å². The Balaban J connectivity index is 1.88. The third-order valence-corrected chi connectivity index (χ3v) is 4.89. The third-order valence-electron chi connectivity index (χ3n) is 4.36. The van der Waals surface area contributed by atoms with Crippen LogP contribution in [0.1, 0.15) is 0 Å². The minimum Gasteiger partial charge on any atom is -0.235 e. The second-order valence-electron chi connectivity index (χ2n) is 6.01. The van der Waals surface area contributed by atoms with Crippen molar-refractivity contribution >= 4 is 32.6 Å². The summed E-state index contributed by atoms with van der Waals surface area (Å²) < 4.78 is 2.93. The van der Waals surface area contributed by atoms with Gasteiger partial charge in [0.2, 0.25) is 0 Å². The largest absolute Gasteiger partial charge is 0.235 e. The van der Waals surface area contributed by atoms with Crippen molar-refractivity contribution in [1.29, 1.82) is 0 Å². The van der Waals surface area contributed by atoms with E-state index in [2.05, 4.69) is 56.3 Å². The van der Waals surface area contributed by atoms with Crippen LogP contribution >= 0.6 is 15.9 Å². The highest BCUT2D eigenvalue weighted by Crippen LogP contribution is 2.29. The highest BCUT2D eigenvalue weighted by molar-refractivity contribution is 9.10. The maximum atomic E-state index is 4.89. The molecule has 3 aromatic heterocycles. The molecule has 26 heavy (non-hydrogen) atoms. The molecule has 0 atom stereocenters. The van der Waals surface area contributed by atoms with Gasteiger partial charge in [0.25, 0.3) is 0 Å². The fourth-order valence-corrected chi connectivity index (χ4v) is 3.37. The van der Waals surface area contributed by atoms with E-state index in [9.17, 15) is 0 Å². The zero-order valence-corrected chi connectivity index (χ0v) is 15.3. The summed E-state index contributed by atoms with van der Waals surface area (Å²) in [7, 11) is 0. The molecule has 0 aliphatic rings. The van der Waals surface area contributed by atoms with E-state index in [0.717, 1.165) is 38.0 Å². The average molecular weight is 401 g/mol. The number of hydrogen-bond acceptors (Lipinski definition) is 3. The molecule has 5 rings (SSSR count). The van der Waals surface area contributed by atoms with Gasteiger partial charge >= 0.3 is 0 Å². The van der Waals surface area contributed by atoms with E-state index in [4.69, 9.17) is 4.98 Å². The van der Waals surface area contributed by atoms with Gasteiger partial charge in [0.05, 0.1) is 16.8 Å². The van der Waals surface area contributed by atoms with Gasteiger partial charge in [-0.2, -0.15) is 0 Å². The van der Waals surface area contributed by atoms with Crippen LogP contribution in [-0.2, 0) is 0 Å². The molecular weight excluding hydrogens is 388 g/mol. The Morgan fingerprint density at radius 1 is 0.808 bits per heavy atom. The van der Waals surface area contributed by atoms with Crippen molar-refractivity contribution in [3.63, 3.8) is 0 Å². The first-order valence-electron chi connectivity index (χ1n) is 8.25. The Bertz CT molecular complexity index is 1230. The number of rotatable bonds is 2. The van der Waals surface area contributed by atoms with Crippen LogP contribution in [0.15, 0.2) is 83.5 Å². The predicted octanol–water partition coefficient (Wildman–Crippen LogP) is 5.37. The first-order chi connectivity index (χ1) is 12.8. The topological polar surface area (TPSA) is 43.1 Å². The number of pyridine rings is 1. The van der Waals surface area contributed by atoms with Gasteiger partial charge in [-0.05, 0) is 30.3 Å². The molecule has 4 nitrogen and oxygen atoms in total. The Kier molecular flexibility index (Phi) is 3.53. The molecule has 3 heterocycles. The zero-order chi connectivity index (χ0) is 17.5. The second kappa shape index (κ2) is 6.04. The SMILES string of the molecule is Brc1ccc(-c2cc(-c3ccccc3)nc3c4cccnc4nn23)cc1. The summed E-state index contributed by atoms with van der Waals surface area (Å²) in [5.74, 6) is 0. The molecule has 0 unspecified atom stereocenters. The molecular formula is C21H13BrN4. The predicted molar refractivity (Wildman–Crippen MR) is 107 cm³/mol. The Labute approximate surface area is 158 Å². The molecule has 0 saturated carbocycles. The quantitative estimate of drug-likeness (QED) is 0.399. The van der Waals surface area contributed by atoms with Gasteiger partial charge in [-0.25, -0.2) is 14.5 Å². The third kappa shape index (κ3) is 2.48. The van der Waals surface area contributed by atoms with Gasteiger partial charge < -0.3 is 0 Å². The second-order valence-corrected chi connectivity index (χ2v) is 6.93. The van der Waals surface area contributed by atoms with Crippen molar-refractivity contribution in [2.45, 2.75) is 0 Å². The van der Waals surface area contributed by atoms with Gasteiger partial charge in [-0.1, -0.05) is 58.4 Å². The van der Waals surface area contributed by atoms with Crippen molar-refractivity contribution < 1.29 is 0 Å². The van der Waals surface area contributed by atoms with Crippen molar-refractivity contribution in [3.8, 4) is 22.5 Å². The molecule has 0 aliphatic carbocycles. The maximum Gasteiger partial charge on any atom is 0.183 e. The van der Waals surface area contributed by atoms with E-state index < -0.39 is 0 Å². The molecule has 5 heteroatoms. The van der Waals surface area contributed by atoms with Crippen LogP contribution < -0.4 is 0 Å². The van der Waals surface area contributed by atoms with E-state index >= 15 is 0 Å². The van der Waals surface area contributed by atoms with Crippen LogP contribution in [0.5, 0.6) is 0 Å². The minimum atomic E-state index is 0.698. The molecule has 0 fully saturated rings. The van der Waals surface area contributed by atoms with Crippen LogP contribution in [0.25, 0.3) is 39.2 Å². The average Bonchev–Trinajstić information content (AvgIpc) is 3.07. The number of benzene rings is 2. The highest BCUT2D eigenvalue weighted by atomic mass is 79.9. The Morgan fingerprint density at radius 2 is 1.62 bits per heavy atom. The molecule has 124 valence electrons. The lowest BCUT2D eigenvalue weighted by atomic mass is 10.1. The minimum absolute atomic E-state index is 0.698. The van der Waals surface area contributed by atoms with Gasteiger partial charge in [0.1, 0.15) is 0 Å². The summed E-state index contributed by atoms with van der Waals surface area (Å²) in [5.41, 5.74) is 5.56. The zero-order valence-electron chi connectivity index (χ0n) is 13.7. The lowest BCUT2D eigenvalue weighted by Gasteiger charge is -2.09. The van der Waals surface area contributed by atoms with Gasteiger partial charge in [0, 0.05) is 21.8 Å². The Hall–Kier alpha value is -3.05. The Morgan fingerprint density at radius 3 is 2.42 bits per heavy atom. The van der Waals surface area contributed by atoms with Gasteiger partial charge in [-0.15, -0.1) is 5.10 Å². The molecule has 0 amide bonds. The van der Waals surface area contributed by atoms with E-state index in [1.54, 1.807) is 6.20 Å². The number of hydrogen-bond donors (Lipinski definition) is 0. The maximum absolute atomic E-state index is 4.89. The molecule has 5 aromatic rings. The fraction of sp³-hybridized carbons (Fsp3) is 0. The van der Waals surface area contributed by atoms with E-state index in [-0.39, 0.29) is 0 Å². The van der Waals surface area contributed by atoms with Crippen LogP contribution in [0.4, 0.5) is 0 Å². The lowest BCUT2D eigenvalue weighted by molar-refractivity contribution is 0.958. The van der Waals surface area contributed by atoms with Crippen LogP contribution in [0.2, 0.25) is 0 Å². The van der Waals surface area contributed by atoms with Crippen molar-refractivity contribution in [1.82, 2.24) is 19.6 Å². The summed E-state index contributed by atoms with van der Waals surface area (Å²) in [6.45, 7) is 0. The first-order valence-corrected chi connectivity index (χ1v) is 9.05. The van der Waals surface area contributed by atoms with Gasteiger partial charge in [-0.3, -0.25) is 0 Å². The van der Waals surface area contributed by atoms with Crippen LogP contribution in [0.3, 0.4) is 0 Å². The smallest absolute Gasteiger partial charge is 0.183 e. The molecule has 0 aliphatic heterocycles. The first kappa shape index (κ1) is 15.2. The van der Waals surface area contributed by atoms with Crippen LogP contribution in [-0.4, -0.2) is 19.6 Å². The molecule has 0 saturated heterocycles. The normalized spacial score (nSPS) is 11.3. The summed E-state index contributed by atoms with van der Waals surface area (Å²) in [4.78, 5) is 9.28. The standard InChI is InChI=1S/C21H13BrN4/c22-16-10-8-15(9-11-16)19-13-18(14-5-2-1-3-6-14)24-21-17-7-4-12-23-20(17)25-26(19)21/h1-13H. The molecule has 0 radical (unpaired) electrons. The number of aromatic nitrogens is 4. The van der Waals surface area contributed by atoms with Crippen molar-refractivity contribution in [3.05, 3.63) is 83.5 Å². The molecule has 2 aromatic carbocycles. The summed E-state index contributed by atoms with van der Waals surface area (Å²) in [6.07, 6.45) is 1.76. The fourth-order valence-electron chi connectivity index (χ4n) is 3.10. The molecule has 0 N–H and O–H groups in total. The van der Waals surface area contributed by atoms with Gasteiger partial charge in [0.15, 0.2) is 11.3 Å². The summed E-state index contributed by atoms with van der Waals surface area (Å²) >= 11 is 3.50. The van der Waals surface area contributed by atoms with E-state index in [0.29, 0.717) is 5.65 Å². The number of nitrogens with zero attached hydrogens (tertiary/aromatic N) is 4. The van der Waals surface area contributed by atoms with E-state index in [1.165, 1.54) is 0 Å². The van der Waals surface area contributed by atoms with Crippen molar-refractivity contribution in [2.24, 2.45) is 0 Å². The van der Waals surface area contributed by atoms with Crippen molar-refractivity contribution in [2.75, 3.05) is 0 Å². The monoisotopic (exact) mass is 400 g/mol. The highest BCUT2D eigenvalue weighted by Gasteiger charge is 2.14. The number of fused-ring (bicyclic) bond motifs is 3. The molecule has 0 spiro atoms. The lowest BCUT2D eigenvalue weighted by Crippen LogP contribution is -1.98. The van der Waals surface area contributed by atoms with Crippen LogP contribution in [0, 0.1) is 0 Å².